The fourth-order valence-corrected chi connectivity index (χ4v) is 3.29. The van der Waals surface area contributed by atoms with Gasteiger partial charge < -0.3 is 5.32 Å². The third-order valence-electron chi connectivity index (χ3n) is 4.77. The highest BCUT2D eigenvalue weighted by molar-refractivity contribution is 5.91. The summed E-state index contributed by atoms with van der Waals surface area (Å²) in [6.45, 7) is 3.41. The van der Waals surface area contributed by atoms with E-state index < -0.39 is 29.6 Å². The van der Waals surface area contributed by atoms with Crippen LogP contribution in [0.2, 0.25) is 0 Å². The van der Waals surface area contributed by atoms with Crippen LogP contribution >= 0.6 is 0 Å². The largest absolute Gasteiger partial charge is 0.322 e. The van der Waals surface area contributed by atoms with E-state index in [2.05, 4.69) is 15.5 Å². The molecule has 4 aromatic rings. The van der Waals surface area contributed by atoms with Gasteiger partial charge in [-0.2, -0.15) is 10.2 Å². The van der Waals surface area contributed by atoms with E-state index in [0.717, 1.165) is 4.68 Å². The van der Waals surface area contributed by atoms with Gasteiger partial charge in [0, 0.05) is 5.39 Å². The molecule has 0 unspecified atom stereocenters. The van der Waals surface area contributed by atoms with E-state index in [4.69, 9.17) is 0 Å². The van der Waals surface area contributed by atoms with E-state index in [0.29, 0.717) is 16.8 Å². The Bertz CT molecular complexity index is 1330. The first-order valence-electron chi connectivity index (χ1n) is 9.64. The molecule has 2 heterocycles. The summed E-state index contributed by atoms with van der Waals surface area (Å²) in [5, 5.41) is 11.7. The van der Waals surface area contributed by atoms with Gasteiger partial charge in [-0.25, -0.2) is 18.1 Å². The zero-order valence-corrected chi connectivity index (χ0v) is 16.8. The minimum absolute atomic E-state index is 0.0158. The van der Waals surface area contributed by atoms with Crippen molar-refractivity contribution < 1.29 is 13.6 Å². The monoisotopic (exact) mass is 423 g/mol. The quantitative estimate of drug-likeness (QED) is 0.532. The summed E-state index contributed by atoms with van der Waals surface area (Å²) in [5.41, 5.74) is 0.786. The van der Waals surface area contributed by atoms with E-state index in [1.807, 2.05) is 13.8 Å². The van der Waals surface area contributed by atoms with Gasteiger partial charge in [-0.3, -0.25) is 9.59 Å². The van der Waals surface area contributed by atoms with Gasteiger partial charge in [-0.05, 0) is 42.3 Å². The zero-order chi connectivity index (χ0) is 22.1. The Kier molecular flexibility index (Phi) is 5.33. The lowest BCUT2D eigenvalue weighted by atomic mass is 10.1. The number of halogens is 2. The van der Waals surface area contributed by atoms with E-state index >= 15 is 0 Å². The van der Waals surface area contributed by atoms with E-state index in [9.17, 15) is 18.4 Å². The Balaban J connectivity index is 1.78. The van der Waals surface area contributed by atoms with Gasteiger partial charge in [0.25, 0.3) is 5.56 Å². The van der Waals surface area contributed by atoms with Crippen LogP contribution in [0.3, 0.4) is 0 Å². The molecule has 4 rings (SSSR count). The van der Waals surface area contributed by atoms with Gasteiger partial charge in [0.15, 0.2) is 0 Å². The van der Waals surface area contributed by atoms with Crippen LogP contribution in [0.5, 0.6) is 0 Å². The molecule has 158 valence electrons. The molecule has 9 heteroatoms. The highest BCUT2D eigenvalue weighted by Gasteiger charge is 2.20. The van der Waals surface area contributed by atoms with E-state index in [1.54, 1.807) is 6.07 Å². The number of rotatable bonds is 5. The number of amides is 1. The van der Waals surface area contributed by atoms with Gasteiger partial charge in [0.05, 0.1) is 23.3 Å². The number of fused-ring (bicyclic) bond motifs is 1. The first-order chi connectivity index (χ1) is 14.8. The lowest BCUT2D eigenvalue weighted by Gasteiger charge is -2.12. The molecule has 2 aromatic heterocycles. The summed E-state index contributed by atoms with van der Waals surface area (Å²) in [6.07, 6.45) is 1.53. The summed E-state index contributed by atoms with van der Waals surface area (Å²) < 4.78 is 29.6. The maximum Gasteiger partial charge on any atom is 0.293 e. The highest BCUT2D eigenvalue weighted by Crippen LogP contribution is 2.23. The molecule has 1 N–H and O–H groups in total. The van der Waals surface area contributed by atoms with Crippen LogP contribution in [0.15, 0.2) is 59.5 Å². The minimum atomic E-state index is -0.596. The normalized spacial score (nSPS) is 11.3. The number of hydrogen-bond donors (Lipinski definition) is 1. The molecule has 0 atom stereocenters. The Morgan fingerprint density at radius 1 is 1.10 bits per heavy atom. The van der Waals surface area contributed by atoms with Crippen molar-refractivity contribution in [3.05, 3.63) is 82.4 Å². The predicted molar refractivity (Wildman–Crippen MR) is 112 cm³/mol. The lowest BCUT2D eigenvalue weighted by molar-refractivity contribution is -0.117. The third-order valence-corrected chi connectivity index (χ3v) is 4.77. The van der Waals surface area contributed by atoms with Crippen molar-refractivity contribution in [3.63, 3.8) is 0 Å². The molecule has 0 bridgehead atoms. The van der Waals surface area contributed by atoms with Crippen molar-refractivity contribution in [3.8, 4) is 5.69 Å². The molecule has 0 saturated heterocycles. The smallest absolute Gasteiger partial charge is 0.293 e. The minimum Gasteiger partial charge on any atom is -0.322 e. The summed E-state index contributed by atoms with van der Waals surface area (Å²) in [5.74, 6) is -1.65. The highest BCUT2D eigenvalue weighted by atomic mass is 19.1. The number of benzene rings is 2. The second-order valence-corrected chi connectivity index (χ2v) is 7.33. The summed E-state index contributed by atoms with van der Waals surface area (Å²) in [6, 6.07) is 11.3. The fourth-order valence-electron chi connectivity index (χ4n) is 3.29. The summed E-state index contributed by atoms with van der Waals surface area (Å²) >= 11 is 0. The number of anilines is 1. The predicted octanol–water partition coefficient (Wildman–Crippen LogP) is 3.62. The zero-order valence-electron chi connectivity index (χ0n) is 16.8. The van der Waals surface area contributed by atoms with Crippen molar-refractivity contribution in [2.45, 2.75) is 26.3 Å². The molecule has 0 radical (unpaired) electrons. The molecule has 0 aliphatic rings. The molecule has 7 nitrogen and oxygen atoms in total. The Labute approximate surface area is 175 Å². The van der Waals surface area contributed by atoms with Crippen LogP contribution in [-0.4, -0.2) is 25.5 Å². The van der Waals surface area contributed by atoms with Crippen molar-refractivity contribution in [1.82, 2.24) is 19.6 Å². The average Bonchev–Trinajstić information content (AvgIpc) is 3.17. The number of hydrogen-bond acceptors (Lipinski definition) is 4. The fraction of sp³-hybridized carbons (Fsp3) is 0.182. The summed E-state index contributed by atoms with van der Waals surface area (Å²) in [4.78, 5) is 25.7. The summed E-state index contributed by atoms with van der Waals surface area (Å²) in [7, 11) is 0. The van der Waals surface area contributed by atoms with Crippen LogP contribution in [0.4, 0.5) is 14.5 Å². The maximum atomic E-state index is 13.8. The number of nitrogens with one attached hydrogen (secondary N) is 1. The Hall–Kier alpha value is -3.88. The molecular weight excluding hydrogens is 404 g/mol. The van der Waals surface area contributed by atoms with Crippen LogP contribution in [0.1, 0.15) is 25.5 Å². The molecular formula is C22H19F2N5O2. The molecule has 0 spiro atoms. The van der Waals surface area contributed by atoms with Gasteiger partial charge >= 0.3 is 0 Å². The number of para-hydroxylation sites is 1. The number of carbonyl (C=O) groups is 1. The molecule has 1 amide bonds. The van der Waals surface area contributed by atoms with Crippen molar-refractivity contribution in [2.24, 2.45) is 0 Å². The standard InChI is InChI=1S/C22H19F2N5O2/c1-13(2)20-16-11-25-29(15-9-7-14(23)8-10-15)21(16)22(31)28(27-20)12-19(30)26-18-6-4-3-5-17(18)24/h3-11,13H,12H2,1-2H3,(H,26,30). The molecule has 0 saturated carbocycles. The number of aromatic nitrogens is 4. The lowest BCUT2D eigenvalue weighted by Crippen LogP contribution is -2.31. The first-order valence-corrected chi connectivity index (χ1v) is 9.64. The second-order valence-electron chi connectivity index (χ2n) is 7.33. The van der Waals surface area contributed by atoms with Crippen molar-refractivity contribution in [1.29, 1.82) is 0 Å². The Morgan fingerprint density at radius 2 is 1.81 bits per heavy atom. The number of nitrogens with zero attached hydrogens (tertiary/aromatic N) is 4. The molecule has 31 heavy (non-hydrogen) atoms. The first kappa shape index (κ1) is 20.4. The van der Waals surface area contributed by atoms with Crippen molar-refractivity contribution >= 4 is 22.5 Å². The Morgan fingerprint density at radius 3 is 2.48 bits per heavy atom. The average molecular weight is 423 g/mol. The van der Waals surface area contributed by atoms with Crippen LogP contribution < -0.4 is 10.9 Å². The van der Waals surface area contributed by atoms with Gasteiger partial charge in [-0.1, -0.05) is 26.0 Å². The van der Waals surface area contributed by atoms with E-state index in [1.165, 1.54) is 53.3 Å². The van der Waals surface area contributed by atoms with Crippen molar-refractivity contribution in [2.75, 3.05) is 5.32 Å². The van der Waals surface area contributed by atoms with Crippen LogP contribution in [0, 0.1) is 11.6 Å². The topological polar surface area (TPSA) is 81.8 Å². The van der Waals surface area contributed by atoms with E-state index in [-0.39, 0.29) is 17.1 Å². The number of carbonyl (C=O) groups excluding carboxylic acids is 1. The molecule has 0 fully saturated rings. The SMILES string of the molecule is CC(C)c1nn(CC(=O)Nc2ccccc2F)c(=O)c2c1cnn2-c1ccc(F)cc1. The van der Waals surface area contributed by atoms with Crippen LogP contribution in [-0.2, 0) is 11.3 Å². The van der Waals surface area contributed by atoms with Gasteiger partial charge in [0.2, 0.25) is 5.91 Å². The second kappa shape index (κ2) is 8.10. The van der Waals surface area contributed by atoms with Gasteiger partial charge in [-0.15, -0.1) is 0 Å². The third kappa shape index (κ3) is 3.94. The molecule has 0 aliphatic carbocycles. The van der Waals surface area contributed by atoms with Gasteiger partial charge in [0.1, 0.15) is 23.7 Å². The maximum absolute atomic E-state index is 13.8. The molecule has 2 aromatic carbocycles. The van der Waals surface area contributed by atoms with Crippen LogP contribution in [0.25, 0.3) is 16.6 Å². The molecule has 0 aliphatic heterocycles.